The molecule has 1 fully saturated rings. The molecule has 0 atom stereocenters. The molecule has 1 aliphatic heterocycles. The van der Waals surface area contributed by atoms with Gasteiger partial charge in [-0.3, -0.25) is 0 Å². The van der Waals surface area contributed by atoms with E-state index in [-0.39, 0.29) is 29.8 Å². The van der Waals surface area contributed by atoms with Crippen LogP contribution in [0.4, 0.5) is 19.0 Å². The number of aromatic nitrogens is 1. The normalized spacial score (nSPS) is 16.5. The Morgan fingerprint density at radius 3 is 1.61 bits per heavy atom. The Morgan fingerprint density at radius 2 is 1.21 bits per heavy atom. The Morgan fingerprint density at radius 1 is 0.789 bits per heavy atom. The van der Waals surface area contributed by atoms with Crippen molar-refractivity contribution in [1.29, 1.82) is 0 Å². The van der Waals surface area contributed by atoms with Gasteiger partial charge in [-0.15, -0.1) is 0 Å². The molecule has 202 valence electrons. The number of halogens is 3. The standard InChI is InChI=1S/C28H32BF3N2O4/c1-26(2)27(3,4)38-29(37-26)24-23(28(30,31)32)21(15-17-7-11-19(35-5)12-8-17)22(25(33)34-24)16-18-9-13-20(36-6)14-10-18/h7-14H,15-16H2,1-6H3,(H2,33,34). The van der Waals surface area contributed by atoms with E-state index in [1.807, 2.05) is 0 Å². The molecule has 6 nitrogen and oxygen atoms in total. The van der Waals surface area contributed by atoms with E-state index in [1.54, 1.807) is 83.3 Å². The summed E-state index contributed by atoms with van der Waals surface area (Å²) in [5, 5.41) is 0. The summed E-state index contributed by atoms with van der Waals surface area (Å²) in [6, 6.07) is 14.0. The summed E-state index contributed by atoms with van der Waals surface area (Å²) in [6.07, 6.45) is -4.61. The van der Waals surface area contributed by atoms with Gasteiger partial charge in [0.25, 0.3) is 0 Å². The first-order chi connectivity index (χ1) is 17.8. The molecule has 0 amide bonds. The number of methoxy groups -OCH3 is 2. The molecular weight excluding hydrogens is 496 g/mol. The summed E-state index contributed by atoms with van der Waals surface area (Å²) >= 11 is 0. The largest absolute Gasteiger partial charge is 0.515 e. The number of hydrogen-bond donors (Lipinski definition) is 1. The molecule has 0 bridgehead atoms. The minimum absolute atomic E-state index is 0.00189. The van der Waals surface area contributed by atoms with E-state index < -0.39 is 30.1 Å². The molecule has 1 aliphatic rings. The lowest BCUT2D eigenvalue weighted by Gasteiger charge is -2.32. The van der Waals surface area contributed by atoms with Crippen molar-refractivity contribution >= 4 is 18.5 Å². The first-order valence-corrected chi connectivity index (χ1v) is 12.3. The van der Waals surface area contributed by atoms with Gasteiger partial charge in [-0.05, 0) is 75.1 Å². The van der Waals surface area contributed by atoms with Gasteiger partial charge in [-0.25, -0.2) is 4.98 Å². The van der Waals surface area contributed by atoms with Crippen molar-refractivity contribution in [1.82, 2.24) is 4.98 Å². The van der Waals surface area contributed by atoms with Gasteiger partial charge in [0.2, 0.25) is 0 Å². The number of anilines is 1. The highest BCUT2D eigenvalue weighted by Crippen LogP contribution is 2.40. The Bertz CT molecular complexity index is 1280. The quantitative estimate of drug-likeness (QED) is 0.426. The molecule has 2 N–H and O–H groups in total. The highest BCUT2D eigenvalue weighted by atomic mass is 19.4. The molecule has 3 aromatic rings. The summed E-state index contributed by atoms with van der Waals surface area (Å²) in [4.78, 5) is 4.28. The van der Waals surface area contributed by atoms with Crippen molar-refractivity contribution in [3.05, 3.63) is 76.3 Å². The molecule has 2 heterocycles. The lowest BCUT2D eigenvalue weighted by Crippen LogP contribution is -2.43. The van der Waals surface area contributed by atoms with E-state index in [1.165, 1.54) is 7.11 Å². The number of pyridine rings is 1. The van der Waals surface area contributed by atoms with E-state index in [4.69, 9.17) is 24.5 Å². The van der Waals surface area contributed by atoms with Gasteiger partial charge >= 0.3 is 13.3 Å². The summed E-state index contributed by atoms with van der Waals surface area (Å²) in [5.41, 5.74) is 5.23. The molecule has 38 heavy (non-hydrogen) atoms. The average Bonchev–Trinajstić information content (AvgIpc) is 3.07. The zero-order chi connectivity index (χ0) is 27.9. The maximum absolute atomic E-state index is 14.9. The Hall–Kier alpha value is -3.24. The van der Waals surface area contributed by atoms with Gasteiger partial charge < -0.3 is 24.5 Å². The van der Waals surface area contributed by atoms with Crippen molar-refractivity contribution in [3.8, 4) is 11.5 Å². The molecule has 10 heteroatoms. The minimum atomic E-state index is -4.74. The van der Waals surface area contributed by atoms with Crippen molar-refractivity contribution in [2.24, 2.45) is 0 Å². The van der Waals surface area contributed by atoms with Gasteiger partial charge in [0, 0.05) is 12.0 Å². The maximum atomic E-state index is 14.9. The predicted molar refractivity (Wildman–Crippen MR) is 141 cm³/mol. The van der Waals surface area contributed by atoms with Crippen molar-refractivity contribution in [2.45, 2.75) is 57.9 Å². The highest BCUT2D eigenvalue weighted by Gasteiger charge is 2.55. The molecule has 0 radical (unpaired) electrons. The van der Waals surface area contributed by atoms with E-state index in [9.17, 15) is 13.2 Å². The lowest BCUT2D eigenvalue weighted by atomic mass is 9.77. The summed E-state index contributed by atoms with van der Waals surface area (Å²) in [7, 11) is 1.75. The fraction of sp³-hybridized carbons (Fsp3) is 0.393. The zero-order valence-corrected chi connectivity index (χ0v) is 22.4. The zero-order valence-electron chi connectivity index (χ0n) is 22.4. The predicted octanol–water partition coefficient (Wildman–Crippen LogP) is 5.18. The number of alkyl halides is 3. The van der Waals surface area contributed by atoms with Gasteiger partial charge in [-0.1, -0.05) is 24.3 Å². The van der Waals surface area contributed by atoms with Gasteiger partial charge in [-0.2, -0.15) is 13.2 Å². The molecule has 0 unspecified atom stereocenters. The average molecular weight is 528 g/mol. The number of benzene rings is 2. The molecule has 0 saturated carbocycles. The second kappa shape index (κ2) is 10.1. The SMILES string of the molecule is COc1ccc(Cc2c(N)nc(B3OC(C)(C)C(C)(C)O3)c(C(F)(F)F)c2Cc2ccc(OC)cc2)cc1. The topological polar surface area (TPSA) is 75.8 Å². The summed E-state index contributed by atoms with van der Waals surface area (Å²) in [5.74, 6) is 1.25. The van der Waals surface area contributed by atoms with Crippen molar-refractivity contribution < 1.29 is 32.0 Å². The first-order valence-electron chi connectivity index (χ1n) is 12.3. The number of ether oxygens (including phenoxy) is 2. The van der Waals surface area contributed by atoms with Crippen LogP contribution in [0.5, 0.6) is 11.5 Å². The van der Waals surface area contributed by atoms with Crippen LogP contribution < -0.4 is 20.8 Å². The Labute approximate surface area is 221 Å². The molecule has 1 saturated heterocycles. The fourth-order valence-corrected chi connectivity index (χ4v) is 4.44. The monoisotopic (exact) mass is 528 g/mol. The van der Waals surface area contributed by atoms with Crippen LogP contribution in [0, 0.1) is 0 Å². The highest BCUT2D eigenvalue weighted by molar-refractivity contribution is 6.61. The number of nitrogen functional groups attached to an aromatic ring is 1. The Balaban J connectivity index is 1.90. The third kappa shape index (κ3) is 5.47. The van der Waals surface area contributed by atoms with Crippen LogP contribution in [-0.4, -0.2) is 37.5 Å². The van der Waals surface area contributed by atoms with Crippen LogP contribution in [0.1, 0.15) is 55.5 Å². The van der Waals surface area contributed by atoms with Crippen LogP contribution in [0.25, 0.3) is 0 Å². The number of nitrogens with zero attached hydrogens (tertiary/aromatic N) is 1. The Kier molecular flexibility index (Phi) is 7.42. The van der Waals surface area contributed by atoms with Crippen molar-refractivity contribution in [2.75, 3.05) is 20.0 Å². The van der Waals surface area contributed by atoms with E-state index in [0.29, 0.717) is 22.6 Å². The van der Waals surface area contributed by atoms with E-state index in [2.05, 4.69) is 4.98 Å². The van der Waals surface area contributed by atoms with E-state index >= 15 is 0 Å². The van der Waals surface area contributed by atoms with Gasteiger partial charge in [0.05, 0.1) is 36.6 Å². The van der Waals surface area contributed by atoms with Crippen LogP contribution in [0.15, 0.2) is 48.5 Å². The maximum Gasteiger partial charge on any atom is 0.515 e. The number of nitrogens with two attached hydrogens (primary N) is 1. The number of hydrogen-bond acceptors (Lipinski definition) is 6. The van der Waals surface area contributed by atoms with Crippen LogP contribution >= 0.6 is 0 Å². The van der Waals surface area contributed by atoms with Gasteiger partial charge in [0.1, 0.15) is 17.3 Å². The first kappa shape index (κ1) is 27.8. The lowest BCUT2D eigenvalue weighted by molar-refractivity contribution is -0.137. The molecular formula is C28H32BF3N2O4. The third-order valence-electron chi connectivity index (χ3n) is 7.31. The number of rotatable bonds is 7. The van der Waals surface area contributed by atoms with Crippen LogP contribution in [-0.2, 0) is 28.3 Å². The fourth-order valence-electron chi connectivity index (χ4n) is 4.44. The second-order valence-corrected chi connectivity index (χ2v) is 10.4. The second-order valence-electron chi connectivity index (χ2n) is 10.4. The molecule has 4 rings (SSSR count). The van der Waals surface area contributed by atoms with Crippen LogP contribution in [0.3, 0.4) is 0 Å². The third-order valence-corrected chi connectivity index (χ3v) is 7.31. The van der Waals surface area contributed by atoms with Crippen molar-refractivity contribution in [3.63, 3.8) is 0 Å². The van der Waals surface area contributed by atoms with Crippen LogP contribution in [0.2, 0.25) is 0 Å². The summed E-state index contributed by atoms with van der Waals surface area (Å²) in [6.45, 7) is 7.11. The molecule has 0 spiro atoms. The van der Waals surface area contributed by atoms with Gasteiger partial charge in [0.15, 0.2) is 0 Å². The molecule has 1 aromatic heterocycles. The molecule has 2 aromatic carbocycles. The smallest absolute Gasteiger partial charge is 0.497 e. The molecule has 0 aliphatic carbocycles. The summed E-state index contributed by atoms with van der Waals surface area (Å²) < 4.78 is 67.1. The minimum Gasteiger partial charge on any atom is -0.497 e. The van der Waals surface area contributed by atoms with E-state index in [0.717, 1.165) is 5.56 Å².